The van der Waals surface area contributed by atoms with Gasteiger partial charge in [-0.1, -0.05) is 6.92 Å². The lowest BCUT2D eigenvalue weighted by Gasteiger charge is -2.27. The summed E-state index contributed by atoms with van der Waals surface area (Å²) in [5.74, 6) is -1.89. The number of rotatable bonds is 16. The van der Waals surface area contributed by atoms with Crippen LogP contribution in [0.2, 0.25) is 0 Å². The van der Waals surface area contributed by atoms with Gasteiger partial charge in [0, 0.05) is 26.2 Å². The monoisotopic (exact) mass is 349 g/mol. The van der Waals surface area contributed by atoms with Gasteiger partial charge in [-0.3, -0.25) is 24.3 Å². The number of hydrogen-bond donors (Lipinski definition) is 2. The topological polar surface area (TPSA) is 120 Å². The van der Waals surface area contributed by atoms with Crippen LogP contribution < -0.4 is 0 Å². The summed E-state index contributed by atoms with van der Waals surface area (Å²) in [6.07, 6.45) is 0.728. The molecule has 0 aromatic heterocycles. The average Bonchev–Trinajstić information content (AvgIpc) is 2.52. The Hall–Kier alpha value is -1.59. The first-order valence-electron chi connectivity index (χ1n) is 7.62. The van der Waals surface area contributed by atoms with E-state index >= 15 is 0 Å². The second kappa shape index (κ2) is 13.8. The van der Waals surface area contributed by atoms with Crippen LogP contribution in [0.5, 0.6) is 0 Å². The summed E-state index contributed by atoms with van der Waals surface area (Å²) >= 11 is 0. The zero-order valence-electron chi connectivity index (χ0n) is 14.2. The molecule has 0 aliphatic carbocycles. The van der Waals surface area contributed by atoms with Crippen LogP contribution in [0.25, 0.3) is 0 Å². The Morgan fingerprint density at radius 1 is 0.958 bits per heavy atom. The Labute approximate surface area is 141 Å². The number of likely N-dealkylation sites (N-methyl/N-ethyl adjacent to an activating group) is 1. The molecule has 0 saturated heterocycles. The van der Waals surface area contributed by atoms with E-state index in [9.17, 15) is 14.4 Å². The van der Waals surface area contributed by atoms with E-state index in [0.717, 1.165) is 6.29 Å². The van der Waals surface area contributed by atoms with Crippen molar-refractivity contribution in [2.45, 2.75) is 6.92 Å². The Bertz CT molecular complexity index is 381. The Morgan fingerprint density at radius 3 is 1.92 bits per heavy atom. The van der Waals surface area contributed by atoms with Crippen LogP contribution in [0.1, 0.15) is 6.92 Å². The van der Waals surface area contributed by atoms with Crippen LogP contribution in [-0.4, -0.2) is 109 Å². The molecule has 140 valence electrons. The summed E-state index contributed by atoms with van der Waals surface area (Å²) in [5.41, 5.74) is 0. The zero-order valence-corrected chi connectivity index (χ0v) is 14.2. The normalized spacial score (nSPS) is 11.4. The lowest BCUT2D eigenvalue weighted by molar-refractivity contribution is -0.294. The molecule has 0 heterocycles. The smallest absolute Gasteiger partial charge is 0.317 e. The molecule has 10 heteroatoms. The van der Waals surface area contributed by atoms with Gasteiger partial charge in [-0.25, -0.2) is 9.78 Å². The molecule has 0 aliphatic rings. The molecular formula is C14H27N3O7. The lowest BCUT2D eigenvalue weighted by atomic mass is 10.3. The Kier molecular flexibility index (Phi) is 12.9. The first-order valence-corrected chi connectivity index (χ1v) is 7.62. The van der Waals surface area contributed by atoms with Gasteiger partial charge < -0.3 is 15.0 Å². The summed E-state index contributed by atoms with van der Waals surface area (Å²) in [6, 6.07) is 0. The highest BCUT2D eigenvalue weighted by Crippen LogP contribution is 1.96. The minimum absolute atomic E-state index is 0.0869. The molecule has 0 aromatic rings. The van der Waals surface area contributed by atoms with Gasteiger partial charge in [0.15, 0.2) is 0 Å². The summed E-state index contributed by atoms with van der Waals surface area (Å²) in [5, 5.41) is 17.8. The quantitative estimate of drug-likeness (QED) is 0.152. The summed E-state index contributed by atoms with van der Waals surface area (Å²) in [7, 11) is 1.36. The third-order valence-corrected chi connectivity index (χ3v) is 3.32. The molecule has 0 rings (SSSR count). The number of carbonyl (C=O) groups is 3. The third kappa shape index (κ3) is 11.9. The number of carbonyl (C=O) groups excluding carboxylic acids is 1. The molecule has 0 bridgehead atoms. The van der Waals surface area contributed by atoms with Gasteiger partial charge in [-0.2, -0.15) is 0 Å². The number of aldehydes is 1. The number of nitrogens with zero attached hydrogens (tertiary/aromatic N) is 3. The van der Waals surface area contributed by atoms with Crippen LogP contribution in [0.15, 0.2) is 0 Å². The van der Waals surface area contributed by atoms with E-state index < -0.39 is 11.9 Å². The van der Waals surface area contributed by atoms with Crippen molar-refractivity contribution in [1.29, 1.82) is 0 Å². The zero-order chi connectivity index (χ0) is 18.4. The molecule has 0 saturated carbocycles. The van der Waals surface area contributed by atoms with E-state index in [1.54, 1.807) is 14.7 Å². The van der Waals surface area contributed by atoms with Crippen molar-refractivity contribution >= 4 is 18.2 Å². The lowest BCUT2D eigenvalue weighted by Crippen LogP contribution is -2.43. The van der Waals surface area contributed by atoms with E-state index in [1.807, 2.05) is 6.92 Å². The predicted molar refractivity (Wildman–Crippen MR) is 84.4 cm³/mol. The molecule has 10 nitrogen and oxygen atoms in total. The SMILES string of the molecule is CCN(CCN(CCN(CC=O)COOC)CC(=O)O)CC(=O)O. The van der Waals surface area contributed by atoms with Crippen molar-refractivity contribution in [3.8, 4) is 0 Å². The van der Waals surface area contributed by atoms with E-state index in [0.29, 0.717) is 32.7 Å². The van der Waals surface area contributed by atoms with Gasteiger partial charge in [0.2, 0.25) is 0 Å². The van der Waals surface area contributed by atoms with Gasteiger partial charge >= 0.3 is 11.9 Å². The molecule has 0 atom stereocenters. The summed E-state index contributed by atoms with van der Waals surface area (Å²) < 4.78 is 0. The molecule has 0 aromatic carbocycles. The van der Waals surface area contributed by atoms with Gasteiger partial charge in [0.1, 0.15) is 13.0 Å². The van der Waals surface area contributed by atoms with Crippen molar-refractivity contribution in [1.82, 2.24) is 14.7 Å². The highest BCUT2D eigenvalue weighted by atomic mass is 17.2. The Morgan fingerprint density at radius 2 is 1.46 bits per heavy atom. The van der Waals surface area contributed by atoms with Gasteiger partial charge in [-0.15, -0.1) is 0 Å². The first-order chi connectivity index (χ1) is 11.4. The van der Waals surface area contributed by atoms with Crippen LogP contribution in [0.3, 0.4) is 0 Å². The molecule has 0 spiro atoms. The first kappa shape index (κ1) is 22.4. The van der Waals surface area contributed by atoms with Crippen molar-refractivity contribution in [3.05, 3.63) is 0 Å². The van der Waals surface area contributed by atoms with E-state index in [4.69, 9.17) is 15.1 Å². The van der Waals surface area contributed by atoms with Crippen molar-refractivity contribution in [2.24, 2.45) is 0 Å². The third-order valence-electron chi connectivity index (χ3n) is 3.32. The minimum Gasteiger partial charge on any atom is -0.480 e. The summed E-state index contributed by atoms with van der Waals surface area (Å²) in [4.78, 5) is 46.7. The van der Waals surface area contributed by atoms with Gasteiger partial charge in [0.05, 0.1) is 26.7 Å². The second-order valence-corrected chi connectivity index (χ2v) is 5.09. The van der Waals surface area contributed by atoms with Crippen LogP contribution in [0.4, 0.5) is 0 Å². The van der Waals surface area contributed by atoms with Gasteiger partial charge in [-0.05, 0) is 6.54 Å². The maximum atomic E-state index is 11.0. The van der Waals surface area contributed by atoms with Gasteiger partial charge in [0.25, 0.3) is 0 Å². The van der Waals surface area contributed by atoms with E-state index in [-0.39, 0.29) is 26.4 Å². The fourth-order valence-corrected chi connectivity index (χ4v) is 2.01. The second-order valence-electron chi connectivity index (χ2n) is 5.09. The largest absolute Gasteiger partial charge is 0.480 e. The predicted octanol–water partition coefficient (Wildman–Crippen LogP) is -1.18. The molecule has 24 heavy (non-hydrogen) atoms. The molecule has 0 radical (unpaired) electrons. The summed E-state index contributed by atoms with van der Waals surface area (Å²) in [6.45, 7) is 4.07. The fourth-order valence-electron chi connectivity index (χ4n) is 2.01. The van der Waals surface area contributed by atoms with E-state index in [1.165, 1.54) is 7.11 Å². The number of hydrogen-bond acceptors (Lipinski definition) is 8. The number of aliphatic carboxylic acids is 2. The van der Waals surface area contributed by atoms with Crippen LogP contribution in [-0.2, 0) is 24.2 Å². The molecular weight excluding hydrogens is 322 g/mol. The van der Waals surface area contributed by atoms with Crippen molar-refractivity contribution in [3.63, 3.8) is 0 Å². The number of carboxylic acids is 2. The van der Waals surface area contributed by atoms with Crippen LogP contribution in [0, 0.1) is 0 Å². The molecule has 0 aliphatic heterocycles. The van der Waals surface area contributed by atoms with Crippen molar-refractivity contribution < 1.29 is 34.4 Å². The minimum atomic E-state index is -0.966. The highest BCUT2D eigenvalue weighted by molar-refractivity contribution is 5.69. The van der Waals surface area contributed by atoms with E-state index in [2.05, 4.69) is 4.89 Å². The average molecular weight is 349 g/mol. The molecule has 0 amide bonds. The van der Waals surface area contributed by atoms with Crippen molar-refractivity contribution in [2.75, 3.05) is 66.2 Å². The molecule has 0 fully saturated rings. The Balaban J connectivity index is 4.49. The molecule has 0 unspecified atom stereocenters. The standard InChI is InChI=1S/C14H27N3O7/c1-3-15(10-13(19)20)4-5-16(11-14(21)22)6-7-17(8-9-18)12-24-23-2/h9H,3-8,10-12H2,1-2H3,(H,19,20)(H,21,22). The molecule has 2 N–H and O–H groups in total. The fraction of sp³-hybridized carbons (Fsp3) is 0.786. The highest BCUT2D eigenvalue weighted by Gasteiger charge is 2.15. The maximum Gasteiger partial charge on any atom is 0.317 e. The van der Waals surface area contributed by atoms with Crippen LogP contribution >= 0.6 is 0 Å². The maximum absolute atomic E-state index is 11.0. The number of carboxylic acid groups (broad SMARTS) is 2.